The monoisotopic (exact) mass is 355 g/mol. The minimum atomic E-state index is -0.129. The number of piperazine rings is 1. The molecule has 138 valence electrons. The fourth-order valence-electron chi connectivity index (χ4n) is 3.78. The number of benzene rings is 1. The number of rotatable bonds is 4. The zero-order chi connectivity index (χ0) is 17.9. The Kier molecular flexibility index (Phi) is 5.13. The molecule has 0 bridgehead atoms. The molecule has 2 aliphatic heterocycles. The Morgan fingerprint density at radius 2 is 1.85 bits per heavy atom. The van der Waals surface area contributed by atoms with E-state index in [0.29, 0.717) is 6.54 Å². The molecule has 0 saturated carbocycles. The van der Waals surface area contributed by atoms with Crippen LogP contribution in [0.15, 0.2) is 30.5 Å². The van der Waals surface area contributed by atoms with Crippen molar-refractivity contribution in [2.45, 2.75) is 26.4 Å². The summed E-state index contributed by atoms with van der Waals surface area (Å²) in [5.74, 6) is 0.734. The van der Waals surface area contributed by atoms with E-state index in [-0.39, 0.29) is 5.82 Å². The number of fused-ring (bicyclic) bond motifs is 1. The van der Waals surface area contributed by atoms with Crippen LogP contribution in [0.1, 0.15) is 23.7 Å². The zero-order valence-corrected chi connectivity index (χ0v) is 15.4. The first-order valence-corrected chi connectivity index (χ1v) is 9.51. The van der Waals surface area contributed by atoms with E-state index < -0.39 is 0 Å². The second kappa shape index (κ2) is 7.68. The maximum Gasteiger partial charge on any atom is 0.225 e. The smallest absolute Gasteiger partial charge is 0.225 e. The Bertz CT molecular complexity index is 758. The van der Waals surface area contributed by atoms with Crippen LogP contribution < -0.4 is 4.90 Å². The first-order valence-electron chi connectivity index (χ1n) is 9.51. The Hall–Kier alpha value is -2.05. The molecule has 26 heavy (non-hydrogen) atoms. The van der Waals surface area contributed by atoms with Gasteiger partial charge in [-0.05, 0) is 12.6 Å². The molecule has 5 nitrogen and oxygen atoms in total. The number of likely N-dealkylation sites (N-methyl/N-ethyl adjacent to an activating group) is 1. The van der Waals surface area contributed by atoms with E-state index in [1.54, 1.807) is 6.07 Å². The van der Waals surface area contributed by atoms with Crippen molar-refractivity contribution >= 4 is 5.95 Å². The second-order valence-electron chi connectivity index (χ2n) is 7.12. The summed E-state index contributed by atoms with van der Waals surface area (Å²) in [5.41, 5.74) is 3.07. The minimum absolute atomic E-state index is 0.129. The fraction of sp³-hybridized carbons (Fsp3) is 0.500. The molecule has 6 heteroatoms. The Morgan fingerprint density at radius 3 is 2.62 bits per heavy atom. The van der Waals surface area contributed by atoms with Gasteiger partial charge in [0.05, 0.1) is 5.69 Å². The lowest BCUT2D eigenvalue weighted by molar-refractivity contribution is 0.239. The molecule has 0 N–H and O–H groups in total. The molecule has 1 aromatic carbocycles. The summed E-state index contributed by atoms with van der Waals surface area (Å²) < 4.78 is 13.9. The Labute approximate surface area is 154 Å². The average molecular weight is 355 g/mol. The molecule has 0 amide bonds. The first-order chi connectivity index (χ1) is 12.7. The van der Waals surface area contributed by atoms with Gasteiger partial charge in [0.15, 0.2) is 0 Å². The van der Waals surface area contributed by atoms with Crippen molar-refractivity contribution in [2.75, 3.05) is 44.2 Å². The molecular weight excluding hydrogens is 329 g/mol. The van der Waals surface area contributed by atoms with E-state index >= 15 is 0 Å². The quantitative estimate of drug-likeness (QED) is 0.841. The van der Waals surface area contributed by atoms with Gasteiger partial charge >= 0.3 is 0 Å². The van der Waals surface area contributed by atoms with Crippen LogP contribution in [0.4, 0.5) is 10.3 Å². The lowest BCUT2D eigenvalue weighted by Crippen LogP contribution is -2.47. The highest BCUT2D eigenvalue weighted by Crippen LogP contribution is 2.22. The molecule has 2 aromatic rings. The van der Waals surface area contributed by atoms with Gasteiger partial charge < -0.3 is 9.80 Å². The van der Waals surface area contributed by atoms with E-state index in [0.717, 1.165) is 69.4 Å². The standard InChI is InChI=1S/C20H26FN5/c1-2-24-9-11-26(12-10-24)20-22-13-17-15-25(8-7-19(17)23-20)14-16-5-3-4-6-18(16)21/h3-6,13H,2,7-12,14-15H2,1H3. The summed E-state index contributed by atoms with van der Waals surface area (Å²) in [6.45, 7) is 9.77. The number of anilines is 1. The summed E-state index contributed by atoms with van der Waals surface area (Å²) in [6.07, 6.45) is 2.87. The largest absolute Gasteiger partial charge is 0.338 e. The van der Waals surface area contributed by atoms with Crippen molar-refractivity contribution in [1.29, 1.82) is 0 Å². The van der Waals surface area contributed by atoms with Crippen LogP contribution in [-0.4, -0.2) is 59.0 Å². The highest BCUT2D eigenvalue weighted by molar-refractivity contribution is 5.35. The molecule has 0 unspecified atom stereocenters. The van der Waals surface area contributed by atoms with Gasteiger partial charge in [-0.1, -0.05) is 25.1 Å². The maximum absolute atomic E-state index is 13.9. The van der Waals surface area contributed by atoms with E-state index in [1.165, 1.54) is 11.6 Å². The lowest BCUT2D eigenvalue weighted by atomic mass is 10.1. The molecule has 1 aromatic heterocycles. The van der Waals surface area contributed by atoms with Crippen LogP contribution in [0.3, 0.4) is 0 Å². The second-order valence-corrected chi connectivity index (χ2v) is 7.12. The van der Waals surface area contributed by atoms with Crippen molar-refractivity contribution in [3.63, 3.8) is 0 Å². The number of halogens is 1. The van der Waals surface area contributed by atoms with E-state index in [1.807, 2.05) is 18.3 Å². The molecule has 0 aliphatic carbocycles. The summed E-state index contributed by atoms with van der Waals surface area (Å²) in [4.78, 5) is 16.5. The van der Waals surface area contributed by atoms with Crippen LogP contribution in [0, 0.1) is 5.82 Å². The third kappa shape index (κ3) is 3.71. The van der Waals surface area contributed by atoms with Crippen LogP contribution in [-0.2, 0) is 19.5 Å². The van der Waals surface area contributed by atoms with Crippen molar-refractivity contribution in [2.24, 2.45) is 0 Å². The number of nitrogens with zero attached hydrogens (tertiary/aromatic N) is 5. The van der Waals surface area contributed by atoms with Gasteiger partial charge in [-0.15, -0.1) is 0 Å². The molecule has 2 aliphatic rings. The van der Waals surface area contributed by atoms with Gasteiger partial charge in [0.2, 0.25) is 5.95 Å². The van der Waals surface area contributed by atoms with Crippen LogP contribution in [0.5, 0.6) is 0 Å². The molecule has 4 rings (SSSR count). The van der Waals surface area contributed by atoms with Crippen molar-refractivity contribution in [3.8, 4) is 0 Å². The minimum Gasteiger partial charge on any atom is -0.338 e. The van der Waals surface area contributed by atoms with Crippen LogP contribution in [0.2, 0.25) is 0 Å². The van der Waals surface area contributed by atoms with Gasteiger partial charge in [-0.25, -0.2) is 14.4 Å². The molecule has 0 spiro atoms. The van der Waals surface area contributed by atoms with Gasteiger partial charge in [0.25, 0.3) is 0 Å². The number of hydrogen-bond donors (Lipinski definition) is 0. The predicted octanol–water partition coefficient (Wildman–Crippen LogP) is 2.32. The van der Waals surface area contributed by atoms with Crippen molar-refractivity contribution < 1.29 is 4.39 Å². The summed E-state index contributed by atoms with van der Waals surface area (Å²) in [7, 11) is 0. The molecule has 3 heterocycles. The third-order valence-corrected chi connectivity index (χ3v) is 5.45. The SMILES string of the molecule is CCN1CCN(c2ncc3c(n2)CCN(Cc2ccccc2F)C3)CC1. The molecule has 1 fully saturated rings. The van der Waals surface area contributed by atoms with Crippen molar-refractivity contribution in [3.05, 3.63) is 53.1 Å². The number of aromatic nitrogens is 2. The summed E-state index contributed by atoms with van der Waals surface area (Å²) in [6, 6.07) is 7.02. The summed E-state index contributed by atoms with van der Waals surface area (Å²) in [5, 5.41) is 0. The van der Waals surface area contributed by atoms with Gasteiger partial charge in [-0.2, -0.15) is 0 Å². The van der Waals surface area contributed by atoms with E-state index in [4.69, 9.17) is 4.98 Å². The van der Waals surface area contributed by atoms with E-state index in [9.17, 15) is 4.39 Å². The maximum atomic E-state index is 13.9. The van der Waals surface area contributed by atoms with Crippen LogP contribution in [0.25, 0.3) is 0 Å². The fourth-order valence-corrected chi connectivity index (χ4v) is 3.78. The molecule has 1 saturated heterocycles. The molecule has 0 atom stereocenters. The Morgan fingerprint density at radius 1 is 1.04 bits per heavy atom. The topological polar surface area (TPSA) is 35.5 Å². The molecule has 0 radical (unpaired) electrons. The van der Waals surface area contributed by atoms with Gasteiger partial charge in [-0.3, -0.25) is 4.90 Å². The van der Waals surface area contributed by atoms with Crippen molar-refractivity contribution in [1.82, 2.24) is 19.8 Å². The Balaban J connectivity index is 1.42. The lowest BCUT2D eigenvalue weighted by Gasteiger charge is -2.35. The predicted molar refractivity (Wildman–Crippen MR) is 101 cm³/mol. The first kappa shape index (κ1) is 17.4. The third-order valence-electron chi connectivity index (χ3n) is 5.45. The highest BCUT2D eigenvalue weighted by atomic mass is 19.1. The van der Waals surface area contributed by atoms with Gasteiger partial charge in [0, 0.05) is 69.6 Å². The van der Waals surface area contributed by atoms with Crippen LogP contribution >= 0.6 is 0 Å². The average Bonchev–Trinajstić information content (AvgIpc) is 2.69. The summed E-state index contributed by atoms with van der Waals surface area (Å²) >= 11 is 0. The zero-order valence-electron chi connectivity index (χ0n) is 15.4. The highest BCUT2D eigenvalue weighted by Gasteiger charge is 2.22. The normalized spacial score (nSPS) is 18.8. The number of hydrogen-bond acceptors (Lipinski definition) is 5. The van der Waals surface area contributed by atoms with E-state index in [2.05, 4.69) is 26.6 Å². The van der Waals surface area contributed by atoms with Gasteiger partial charge in [0.1, 0.15) is 5.82 Å². The molecular formula is C20H26FN5.